The second-order valence-electron chi connectivity index (χ2n) is 8.92. The molecule has 0 spiro atoms. The van der Waals surface area contributed by atoms with E-state index in [1.54, 1.807) is 6.26 Å². The number of hydrogen-bond donors (Lipinski definition) is 1. The molecule has 0 radical (unpaired) electrons. The minimum Gasteiger partial charge on any atom is -0.467 e. The van der Waals surface area contributed by atoms with Crippen molar-refractivity contribution < 1.29 is 4.42 Å². The van der Waals surface area contributed by atoms with Crippen LogP contribution in [0.5, 0.6) is 0 Å². The number of H-pyrrole nitrogens is 1. The van der Waals surface area contributed by atoms with Crippen molar-refractivity contribution in [2.75, 3.05) is 31.1 Å². The van der Waals surface area contributed by atoms with Gasteiger partial charge in [0.25, 0.3) is 0 Å². The minimum atomic E-state index is -0.649. The topological polar surface area (TPSA) is 70.3 Å². The second kappa shape index (κ2) is 8.92. The second-order valence-corrected chi connectivity index (χ2v) is 8.92. The highest BCUT2D eigenvalue weighted by Gasteiger charge is 2.45. The van der Waals surface area contributed by atoms with E-state index in [9.17, 15) is 4.79 Å². The van der Waals surface area contributed by atoms with Gasteiger partial charge in [-0.2, -0.15) is 0 Å². The molecule has 35 heavy (non-hydrogen) atoms. The number of pyridine rings is 1. The van der Waals surface area contributed by atoms with Gasteiger partial charge < -0.3 is 14.3 Å². The van der Waals surface area contributed by atoms with E-state index in [2.05, 4.69) is 56.2 Å². The smallest absolute Gasteiger partial charge is 0.326 e. The zero-order valence-electron chi connectivity index (χ0n) is 19.4. The van der Waals surface area contributed by atoms with Crippen LogP contribution in [-0.4, -0.2) is 45.6 Å². The Morgan fingerprint density at radius 2 is 1.60 bits per heavy atom. The van der Waals surface area contributed by atoms with Crippen molar-refractivity contribution >= 4 is 16.7 Å². The third-order valence-electron chi connectivity index (χ3n) is 7.10. The number of benzene rings is 2. The third-order valence-corrected chi connectivity index (χ3v) is 7.10. The van der Waals surface area contributed by atoms with Crippen LogP contribution >= 0.6 is 0 Å². The van der Waals surface area contributed by atoms with Gasteiger partial charge in [0.1, 0.15) is 11.3 Å². The van der Waals surface area contributed by atoms with E-state index in [-0.39, 0.29) is 5.69 Å². The van der Waals surface area contributed by atoms with Crippen molar-refractivity contribution in [3.05, 3.63) is 119 Å². The maximum Gasteiger partial charge on any atom is 0.326 e. The Morgan fingerprint density at radius 3 is 2.34 bits per heavy atom. The molecule has 0 aliphatic carbocycles. The van der Waals surface area contributed by atoms with Gasteiger partial charge in [-0.15, -0.1) is 0 Å². The van der Waals surface area contributed by atoms with Crippen LogP contribution in [0.25, 0.3) is 11.0 Å². The van der Waals surface area contributed by atoms with Gasteiger partial charge in [-0.25, -0.2) is 4.79 Å². The molecule has 1 aliphatic heterocycles. The van der Waals surface area contributed by atoms with Crippen LogP contribution in [0, 0.1) is 0 Å². The number of aromatic amines is 1. The lowest BCUT2D eigenvalue weighted by Crippen LogP contribution is -2.58. The summed E-state index contributed by atoms with van der Waals surface area (Å²) in [6.07, 6.45) is 5.39. The molecule has 1 aliphatic rings. The van der Waals surface area contributed by atoms with E-state index >= 15 is 0 Å². The van der Waals surface area contributed by atoms with Gasteiger partial charge in [-0.1, -0.05) is 42.5 Å². The Hall–Kier alpha value is -4.10. The predicted molar refractivity (Wildman–Crippen MR) is 137 cm³/mol. The minimum absolute atomic E-state index is 0.117. The number of nitrogens with zero attached hydrogens (tertiary/aromatic N) is 4. The summed E-state index contributed by atoms with van der Waals surface area (Å²) in [6, 6.07) is 26.3. The summed E-state index contributed by atoms with van der Waals surface area (Å²) in [5, 5.41) is 0. The van der Waals surface area contributed by atoms with Gasteiger partial charge in [0.05, 0.1) is 23.8 Å². The number of fused-ring (bicyclic) bond motifs is 1. The molecule has 1 atom stereocenters. The number of aromatic nitrogens is 3. The molecule has 0 amide bonds. The summed E-state index contributed by atoms with van der Waals surface area (Å²) in [5.74, 6) is 0.832. The molecule has 4 heterocycles. The Bertz CT molecular complexity index is 1450. The van der Waals surface area contributed by atoms with Gasteiger partial charge in [0.2, 0.25) is 0 Å². The van der Waals surface area contributed by atoms with E-state index < -0.39 is 5.54 Å². The SMILES string of the molecule is O=c1[nH]c2ccccc2n1CC(c1ccccc1)(c1ccco1)N1CCN(c2ccncc2)CC1. The molecule has 1 fully saturated rings. The van der Waals surface area contributed by atoms with E-state index in [1.165, 1.54) is 5.69 Å². The first kappa shape index (κ1) is 21.4. The van der Waals surface area contributed by atoms with E-state index in [4.69, 9.17) is 4.42 Å². The van der Waals surface area contributed by atoms with Crippen molar-refractivity contribution in [3.8, 4) is 0 Å². The third kappa shape index (κ3) is 3.74. The van der Waals surface area contributed by atoms with Gasteiger partial charge in [-0.05, 0) is 42.0 Å². The van der Waals surface area contributed by atoms with Crippen LogP contribution in [0.3, 0.4) is 0 Å². The lowest BCUT2D eigenvalue weighted by atomic mass is 9.84. The van der Waals surface area contributed by atoms with E-state index in [1.807, 2.05) is 59.4 Å². The molecule has 176 valence electrons. The summed E-state index contributed by atoms with van der Waals surface area (Å²) in [6.45, 7) is 3.79. The maximum atomic E-state index is 13.2. The number of furan rings is 1. The molecule has 1 N–H and O–H groups in total. The highest BCUT2D eigenvalue weighted by molar-refractivity contribution is 5.75. The molecule has 0 bridgehead atoms. The van der Waals surface area contributed by atoms with Gasteiger partial charge in [0, 0.05) is 44.3 Å². The molecule has 1 saturated heterocycles. The molecule has 7 nitrogen and oxygen atoms in total. The Balaban J connectivity index is 1.46. The molecular weight excluding hydrogens is 438 g/mol. The number of imidazole rings is 1. The van der Waals surface area contributed by atoms with Gasteiger partial charge in [-0.3, -0.25) is 14.5 Å². The van der Waals surface area contributed by atoms with E-state index in [0.717, 1.165) is 48.5 Å². The highest BCUT2D eigenvalue weighted by Crippen LogP contribution is 2.39. The first-order valence-corrected chi connectivity index (χ1v) is 11.9. The quantitative estimate of drug-likeness (QED) is 0.409. The number of anilines is 1. The molecule has 7 heteroatoms. The van der Waals surface area contributed by atoms with Crippen LogP contribution < -0.4 is 10.6 Å². The van der Waals surface area contributed by atoms with Crippen LogP contribution in [0.1, 0.15) is 11.3 Å². The van der Waals surface area contributed by atoms with Crippen molar-refractivity contribution in [2.24, 2.45) is 0 Å². The number of hydrogen-bond acceptors (Lipinski definition) is 5. The first-order valence-electron chi connectivity index (χ1n) is 11.9. The average Bonchev–Trinajstić information content (AvgIpc) is 3.57. The summed E-state index contributed by atoms with van der Waals surface area (Å²) < 4.78 is 7.98. The zero-order valence-corrected chi connectivity index (χ0v) is 19.4. The number of nitrogens with one attached hydrogen (secondary N) is 1. The molecular formula is C28H27N5O2. The fourth-order valence-electron chi connectivity index (χ4n) is 5.37. The van der Waals surface area contributed by atoms with Gasteiger partial charge in [0.15, 0.2) is 0 Å². The van der Waals surface area contributed by atoms with Crippen molar-refractivity contribution in [3.63, 3.8) is 0 Å². The van der Waals surface area contributed by atoms with Crippen LogP contribution in [0.2, 0.25) is 0 Å². The normalized spacial score (nSPS) is 16.4. The molecule has 1 unspecified atom stereocenters. The maximum absolute atomic E-state index is 13.2. The summed E-state index contributed by atoms with van der Waals surface area (Å²) in [7, 11) is 0. The average molecular weight is 466 g/mol. The summed E-state index contributed by atoms with van der Waals surface area (Å²) in [4.78, 5) is 25.2. The Kier molecular flexibility index (Phi) is 5.47. The number of para-hydroxylation sites is 2. The molecule has 5 aromatic rings. The zero-order chi connectivity index (χ0) is 23.7. The lowest BCUT2D eigenvalue weighted by molar-refractivity contribution is 0.0759. The monoisotopic (exact) mass is 465 g/mol. The van der Waals surface area contributed by atoms with Crippen molar-refractivity contribution in [1.82, 2.24) is 19.4 Å². The highest BCUT2D eigenvalue weighted by atomic mass is 16.3. The lowest BCUT2D eigenvalue weighted by Gasteiger charge is -2.47. The van der Waals surface area contributed by atoms with Crippen LogP contribution in [0.15, 0.2) is 107 Å². The van der Waals surface area contributed by atoms with Crippen molar-refractivity contribution in [2.45, 2.75) is 12.1 Å². The molecule has 0 saturated carbocycles. The number of rotatable bonds is 6. The first-order chi connectivity index (χ1) is 17.3. The van der Waals surface area contributed by atoms with Gasteiger partial charge >= 0.3 is 5.69 Å². The van der Waals surface area contributed by atoms with Crippen molar-refractivity contribution in [1.29, 1.82) is 0 Å². The molecule has 6 rings (SSSR count). The Labute approximate surface area is 203 Å². The largest absolute Gasteiger partial charge is 0.467 e. The molecule has 3 aromatic heterocycles. The van der Waals surface area contributed by atoms with E-state index in [0.29, 0.717) is 6.54 Å². The summed E-state index contributed by atoms with van der Waals surface area (Å²) in [5.41, 5.74) is 3.24. The fraction of sp³-hybridized carbons (Fsp3) is 0.214. The summed E-state index contributed by atoms with van der Waals surface area (Å²) >= 11 is 0. The number of piperazine rings is 1. The Morgan fingerprint density at radius 1 is 0.857 bits per heavy atom. The standard InChI is InChI=1S/C28H27N5O2/c34-27-30-24-9-4-5-10-25(24)33(27)21-28(26-11-6-20-35-26,22-7-2-1-3-8-22)32-18-16-31(17-19-32)23-12-14-29-15-13-23/h1-15,20H,16-19,21H2,(H,30,34). The predicted octanol–water partition coefficient (Wildman–Crippen LogP) is 4.08. The fourth-order valence-corrected chi connectivity index (χ4v) is 5.37. The molecule has 2 aromatic carbocycles. The van der Waals surface area contributed by atoms with Crippen LogP contribution in [-0.2, 0) is 12.1 Å². The van der Waals surface area contributed by atoms with Crippen LogP contribution in [0.4, 0.5) is 5.69 Å².